The highest BCUT2D eigenvalue weighted by molar-refractivity contribution is 7.18. The van der Waals surface area contributed by atoms with Gasteiger partial charge >= 0.3 is 0 Å². The largest absolute Gasteiger partial charge is 0.321 e. The molecule has 2 N–H and O–H groups in total. The zero-order valence-electron chi connectivity index (χ0n) is 14.0. The van der Waals surface area contributed by atoms with E-state index in [1.165, 1.54) is 6.07 Å². The third-order valence-corrected chi connectivity index (χ3v) is 5.83. The van der Waals surface area contributed by atoms with E-state index < -0.39 is 11.6 Å². The van der Waals surface area contributed by atoms with E-state index in [9.17, 15) is 13.6 Å². The maximum atomic E-state index is 13.3. The smallest absolute Gasteiger partial charge is 0.279 e. The van der Waals surface area contributed by atoms with Gasteiger partial charge < -0.3 is 10.2 Å². The Balaban J connectivity index is 1.46. The molecule has 1 fully saturated rings. The van der Waals surface area contributed by atoms with Gasteiger partial charge in [0.25, 0.3) is 5.91 Å². The molecule has 3 aromatic rings. The van der Waals surface area contributed by atoms with Gasteiger partial charge in [0.05, 0.1) is 16.8 Å². The highest BCUT2D eigenvalue weighted by atomic mass is 32.1. The van der Waals surface area contributed by atoms with Crippen molar-refractivity contribution in [2.75, 3.05) is 18.4 Å². The van der Waals surface area contributed by atoms with E-state index in [2.05, 4.69) is 11.4 Å². The number of nitrogens with one attached hydrogen (secondary N) is 2. The van der Waals surface area contributed by atoms with Crippen LogP contribution in [0.15, 0.2) is 42.5 Å². The standard InChI is InChI=1S/C19H17F2N3OS/c20-13-8-7-12(10-14(13)21)22-18(25)11-24-9-3-5-16(24)19-23-15-4-1-2-6-17(15)26-19/h1-2,4,6-8,10,16H,3,5,9,11H2,(H,22,25)/p+1/t16-/m0/s1. The van der Waals surface area contributed by atoms with Crippen molar-refractivity contribution >= 4 is 33.1 Å². The summed E-state index contributed by atoms with van der Waals surface area (Å²) in [4.78, 5) is 18.2. The molecule has 0 radical (unpaired) electrons. The number of halogens is 2. The zero-order valence-corrected chi connectivity index (χ0v) is 14.8. The van der Waals surface area contributed by atoms with Crippen molar-refractivity contribution in [3.8, 4) is 0 Å². The Bertz CT molecular complexity index is 926. The number of anilines is 1. The number of rotatable bonds is 4. The highest BCUT2D eigenvalue weighted by Gasteiger charge is 2.34. The molecule has 1 saturated heterocycles. The summed E-state index contributed by atoms with van der Waals surface area (Å²) in [7, 11) is 0. The molecule has 1 aromatic heterocycles. The van der Waals surface area contributed by atoms with Gasteiger partial charge in [0, 0.05) is 24.6 Å². The van der Waals surface area contributed by atoms with Crippen LogP contribution < -0.4 is 10.2 Å². The lowest BCUT2D eigenvalue weighted by atomic mass is 10.2. The van der Waals surface area contributed by atoms with Gasteiger partial charge in [0.15, 0.2) is 23.2 Å². The molecule has 1 amide bonds. The first kappa shape index (κ1) is 17.1. The number of aromatic nitrogens is 1. The highest BCUT2D eigenvalue weighted by Crippen LogP contribution is 2.28. The second kappa shape index (κ2) is 7.09. The van der Waals surface area contributed by atoms with Crippen molar-refractivity contribution in [1.29, 1.82) is 0 Å². The number of amides is 1. The van der Waals surface area contributed by atoms with Crippen LogP contribution in [0.5, 0.6) is 0 Å². The average Bonchev–Trinajstić information content (AvgIpc) is 3.24. The molecule has 0 bridgehead atoms. The van der Waals surface area contributed by atoms with E-state index in [0.717, 1.165) is 51.6 Å². The van der Waals surface area contributed by atoms with E-state index in [4.69, 9.17) is 4.98 Å². The van der Waals surface area contributed by atoms with Gasteiger partial charge in [-0.1, -0.05) is 12.1 Å². The van der Waals surface area contributed by atoms with Crippen molar-refractivity contribution in [3.63, 3.8) is 0 Å². The van der Waals surface area contributed by atoms with E-state index >= 15 is 0 Å². The minimum atomic E-state index is -0.969. The predicted octanol–water partition coefficient (Wildman–Crippen LogP) is 2.93. The lowest BCUT2D eigenvalue weighted by Gasteiger charge is -2.19. The third-order valence-electron chi connectivity index (χ3n) is 4.68. The fourth-order valence-corrected chi connectivity index (χ4v) is 4.61. The molecule has 134 valence electrons. The molecule has 4 rings (SSSR count). The summed E-state index contributed by atoms with van der Waals surface area (Å²) in [5, 5.41) is 3.71. The van der Waals surface area contributed by atoms with Crippen molar-refractivity contribution < 1.29 is 18.5 Å². The minimum absolute atomic E-state index is 0.197. The van der Waals surface area contributed by atoms with Gasteiger partial charge in [-0.15, -0.1) is 11.3 Å². The second-order valence-electron chi connectivity index (χ2n) is 6.48. The molecule has 0 saturated carbocycles. The number of nitrogens with zero attached hydrogens (tertiary/aromatic N) is 1. The Morgan fingerprint density at radius 2 is 2.08 bits per heavy atom. The Kier molecular flexibility index (Phi) is 4.65. The fourth-order valence-electron chi connectivity index (χ4n) is 3.45. The van der Waals surface area contributed by atoms with Crippen molar-refractivity contribution in [2.24, 2.45) is 0 Å². The molecular weight excluding hydrogens is 356 g/mol. The van der Waals surface area contributed by atoms with Crippen LogP contribution in [-0.4, -0.2) is 24.0 Å². The lowest BCUT2D eigenvalue weighted by Crippen LogP contribution is -3.11. The summed E-state index contributed by atoms with van der Waals surface area (Å²) < 4.78 is 27.4. The van der Waals surface area contributed by atoms with Gasteiger partial charge in [-0.2, -0.15) is 0 Å². The van der Waals surface area contributed by atoms with E-state index in [1.807, 2.05) is 18.2 Å². The average molecular weight is 374 g/mol. The molecule has 2 atom stereocenters. The molecule has 26 heavy (non-hydrogen) atoms. The van der Waals surface area contributed by atoms with E-state index in [0.29, 0.717) is 0 Å². The first-order chi connectivity index (χ1) is 12.6. The lowest BCUT2D eigenvalue weighted by molar-refractivity contribution is -0.910. The Hall–Kier alpha value is -2.38. The van der Waals surface area contributed by atoms with Crippen LogP contribution >= 0.6 is 11.3 Å². The van der Waals surface area contributed by atoms with Crippen LogP contribution in [0.1, 0.15) is 23.9 Å². The maximum absolute atomic E-state index is 13.3. The van der Waals surface area contributed by atoms with Crippen LogP contribution in [0.25, 0.3) is 10.2 Å². The molecule has 2 aromatic carbocycles. The molecule has 2 heterocycles. The number of fused-ring (bicyclic) bond motifs is 1. The van der Waals surface area contributed by atoms with E-state index in [-0.39, 0.29) is 24.2 Å². The Labute approximate surface area is 153 Å². The normalized spacial score (nSPS) is 19.8. The van der Waals surface area contributed by atoms with Crippen LogP contribution in [-0.2, 0) is 4.79 Å². The summed E-state index contributed by atoms with van der Waals surface area (Å²) in [6.07, 6.45) is 2.03. The molecule has 1 aliphatic rings. The summed E-state index contributed by atoms with van der Waals surface area (Å²) in [6.45, 7) is 1.17. The minimum Gasteiger partial charge on any atom is -0.321 e. The number of benzene rings is 2. The Morgan fingerprint density at radius 1 is 1.23 bits per heavy atom. The molecule has 7 heteroatoms. The first-order valence-electron chi connectivity index (χ1n) is 8.55. The van der Waals surface area contributed by atoms with Crippen LogP contribution in [0.4, 0.5) is 14.5 Å². The van der Waals surface area contributed by atoms with Crippen LogP contribution in [0, 0.1) is 11.6 Å². The van der Waals surface area contributed by atoms with Crippen molar-refractivity contribution in [2.45, 2.75) is 18.9 Å². The van der Waals surface area contributed by atoms with Crippen LogP contribution in [0.2, 0.25) is 0 Å². The number of carbonyl (C=O) groups excluding carboxylic acids is 1. The molecule has 1 aliphatic heterocycles. The van der Waals surface area contributed by atoms with Gasteiger partial charge in [0.2, 0.25) is 0 Å². The number of hydrogen-bond acceptors (Lipinski definition) is 3. The predicted molar refractivity (Wildman–Crippen MR) is 97.3 cm³/mol. The molecule has 4 nitrogen and oxygen atoms in total. The quantitative estimate of drug-likeness (QED) is 0.738. The number of para-hydroxylation sites is 1. The topological polar surface area (TPSA) is 46.4 Å². The van der Waals surface area contributed by atoms with Crippen molar-refractivity contribution in [3.05, 3.63) is 59.1 Å². The SMILES string of the molecule is O=C(C[NH+]1CCC[C@H]1c1nc2ccccc2s1)Nc1ccc(F)c(F)c1. The fraction of sp³-hybridized carbons (Fsp3) is 0.263. The van der Waals surface area contributed by atoms with Gasteiger partial charge in [0.1, 0.15) is 6.04 Å². The zero-order chi connectivity index (χ0) is 18.1. The second-order valence-corrected chi connectivity index (χ2v) is 7.54. The number of thiazole rings is 1. The molecule has 0 spiro atoms. The number of quaternary nitrogens is 1. The summed E-state index contributed by atoms with van der Waals surface area (Å²) in [5.74, 6) is -2.10. The summed E-state index contributed by atoms with van der Waals surface area (Å²) >= 11 is 1.68. The van der Waals surface area contributed by atoms with Crippen molar-refractivity contribution in [1.82, 2.24) is 4.98 Å². The number of hydrogen-bond donors (Lipinski definition) is 2. The molecule has 1 unspecified atom stereocenters. The Morgan fingerprint density at radius 3 is 2.88 bits per heavy atom. The van der Waals surface area contributed by atoms with Gasteiger partial charge in [-0.3, -0.25) is 4.79 Å². The summed E-state index contributed by atoms with van der Waals surface area (Å²) in [6, 6.07) is 11.6. The monoisotopic (exact) mass is 374 g/mol. The number of carbonyl (C=O) groups is 1. The van der Waals surface area contributed by atoms with Gasteiger partial charge in [-0.05, 0) is 24.3 Å². The third kappa shape index (κ3) is 3.45. The molecular formula is C19H18F2N3OS+. The number of likely N-dealkylation sites (tertiary alicyclic amines) is 1. The van der Waals surface area contributed by atoms with Gasteiger partial charge in [-0.25, -0.2) is 13.8 Å². The molecule has 0 aliphatic carbocycles. The summed E-state index contributed by atoms with van der Waals surface area (Å²) in [5.41, 5.74) is 1.26. The van der Waals surface area contributed by atoms with E-state index in [1.54, 1.807) is 11.3 Å². The maximum Gasteiger partial charge on any atom is 0.279 e. The first-order valence-corrected chi connectivity index (χ1v) is 9.37. The van der Waals surface area contributed by atoms with Crippen LogP contribution in [0.3, 0.4) is 0 Å².